The summed E-state index contributed by atoms with van der Waals surface area (Å²) < 4.78 is 48.1. The monoisotopic (exact) mass is 374 g/mol. The topological polar surface area (TPSA) is 75.2 Å². The molecule has 1 heterocycles. The first-order chi connectivity index (χ1) is 11.5. The van der Waals surface area contributed by atoms with Crippen LogP contribution in [0.15, 0.2) is 24.4 Å². The van der Waals surface area contributed by atoms with Crippen molar-refractivity contribution in [3.8, 4) is 17.0 Å². The SMILES string of the molecule is C[Si](C)(C)CCOCn1cc(-c2ccc(N)c(OC(F)(F)F)c2)nn1. The van der Waals surface area contributed by atoms with Gasteiger partial charge in [0.15, 0.2) is 5.75 Å². The average Bonchev–Trinajstić information content (AvgIpc) is 2.92. The normalized spacial score (nSPS) is 12.4. The van der Waals surface area contributed by atoms with Crippen molar-refractivity contribution in [3.05, 3.63) is 24.4 Å². The van der Waals surface area contributed by atoms with Crippen LogP contribution < -0.4 is 10.5 Å². The van der Waals surface area contributed by atoms with E-state index in [1.807, 2.05) is 0 Å². The second-order valence-electron chi connectivity index (χ2n) is 6.79. The van der Waals surface area contributed by atoms with Crippen LogP contribution >= 0.6 is 0 Å². The first-order valence-electron chi connectivity index (χ1n) is 7.67. The minimum Gasteiger partial charge on any atom is -0.404 e. The van der Waals surface area contributed by atoms with E-state index in [0.717, 1.165) is 6.04 Å². The third-order valence-corrected chi connectivity index (χ3v) is 5.00. The standard InChI is InChI=1S/C15H21F3N4O2Si/c1-25(2,3)7-6-23-10-22-9-13(20-21-22)11-4-5-12(19)14(8-11)24-15(16,17)18/h4-5,8-9H,6-7,10,19H2,1-3H3. The van der Waals surface area contributed by atoms with Crippen LogP contribution in [0.4, 0.5) is 18.9 Å². The van der Waals surface area contributed by atoms with Crippen LogP contribution in [0.5, 0.6) is 5.75 Å². The zero-order chi connectivity index (χ0) is 18.7. The summed E-state index contributed by atoms with van der Waals surface area (Å²) in [5.74, 6) is -0.467. The molecule has 0 fully saturated rings. The van der Waals surface area contributed by atoms with Gasteiger partial charge in [-0.15, -0.1) is 18.3 Å². The lowest BCUT2D eigenvalue weighted by Crippen LogP contribution is -2.22. The van der Waals surface area contributed by atoms with Crippen LogP contribution in [0, 0.1) is 0 Å². The second-order valence-corrected chi connectivity index (χ2v) is 12.4. The number of rotatable bonds is 7. The molecular formula is C15H21F3N4O2Si. The number of nitrogens with zero attached hydrogens (tertiary/aromatic N) is 3. The van der Waals surface area contributed by atoms with Crippen molar-refractivity contribution in [1.82, 2.24) is 15.0 Å². The van der Waals surface area contributed by atoms with Crippen molar-refractivity contribution in [2.45, 2.75) is 38.8 Å². The van der Waals surface area contributed by atoms with Crippen molar-refractivity contribution in [2.24, 2.45) is 0 Å². The van der Waals surface area contributed by atoms with Gasteiger partial charge < -0.3 is 15.2 Å². The molecule has 0 amide bonds. The number of alkyl halides is 3. The molecule has 0 unspecified atom stereocenters. The van der Waals surface area contributed by atoms with E-state index in [4.69, 9.17) is 10.5 Å². The molecule has 0 saturated heterocycles. The number of hydrogen-bond acceptors (Lipinski definition) is 5. The number of halogens is 3. The first-order valence-corrected chi connectivity index (χ1v) is 11.4. The van der Waals surface area contributed by atoms with Crippen molar-refractivity contribution in [3.63, 3.8) is 0 Å². The van der Waals surface area contributed by atoms with Gasteiger partial charge in [-0.05, 0) is 18.2 Å². The highest BCUT2D eigenvalue weighted by atomic mass is 28.3. The molecule has 0 atom stereocenters. The van der Waals surface area contributed by atoms with Crippen molar-refractivity contribution < 1.29 is 22.6 Å². The summed E-state index contributed by atoms with van der Waals surface area (Å²) in [6, 6.07) is 5.10. The third kappa shape index (κ3) is 6.39. The number of anilines is 1. The van der Waals surface area contributed by atoms with Gasteiger partial charge in [0.05, 0.1) is 11.9 Å². The quantitative estimate of drug-likeness (QED) is 0.454. The number of nitrogen functional groups attached to an aromatic ring is 1. The van der Waals surface area contributed by atoms with Gasteiger partial charge in [-0.25, -0.2) is 4.68 Å². The van der Waals surface area contributed by atoms with Crippen molar-refractivity contribution >= 4 is 13.8 Å². The molecule has 2 rings (SSSR count). The van der Waals surface area contributed by atoms with Crippen molar-refractivity contribution in [2.75, 3.05) is 12.3 Å². The van der Waals surface area contributed by atoms with Gasteiger partial charge in [-0.3, -0.25) is 0 Å². The largest absolute Gasteiger partial charge is 0.573 e. The number of ether oxygens (including phenoxy) is 2. The molecule has 0 radical (unpaired) electrons. The zero-order valence-electron chi connectivity index (χ0n) is 14.3. The molecule has 2 aromatic rings. The maximum atomic E-state index is 12.4. The van der Waals surface area contributed by atoms with E-state index in [0.29, 0.717) is 17.9 Å². The van der Waals surface area contributed by atoms with Crippen molar-refractivity contribution in [1.29, 1.82) is 0 Å². The predicted molar refractivity (Wildman–Crippen MR) is 90.7 cm³/mol. The average molecular weight is 374 g/mol. The molecule has 0 bridgehead atoms. The Labute approximate surface area is 144 Å². The summed E-state index contributed by atoms with van der Waals surface area (Å²) in [5, 5.41) is 7.86. The molecule has 0 aliphatic carbocycles. The lowest BCUT2D eigenvalue weighted by Gasteiger charge is -2.15. The van der Waals surface area contributed by atoms with Gasteiger partial charge in [0, 0.05) is 20.2 Å². The summed E-state index contributed by atoms with van der Waals surface area (Å²) in [5.41, 5.74) is 6.23. The van der Waals surface area contributed by atoms with E-state index in [1.54, 1.807) is 12.3 Å². The van der Waals surface area contributed by atoms with Gasteiger partial charge in [0.1, 0.15) is 12.4 Å². The van der Waals surface area contributed by atoms with E-state index in [-0.39, 0.29) is 12.4 Å². The minimum absolute atomic E-state index is 0.108. The second kappa shape index (κ2) is 7.44. The summed E-state index contributed by atoms with van der Waals surface area (Å²) in [7, 11) is -1.16. The molecular weight excluding hydrogens is 353 g/mol. The van der Waals surface area contributed by atoms with E-state index < -0.39 is 20.2 Å². The highest BCUT2D eigenvalue weighted by molar-refractivity contribution is 6.76. The molecule has 10 heteroatoms. The number of benzene rings is 1. The van der Waals surface area contributed by atoms with Gasteiger partial charge >= 0.3 is 6.36 Å². The van der Waals surface area contributed by atoms with Crippen LogP contribution in [-0.4, -0.2) is 36.0 Å². The fourth-order valence-corrected chi connectivity index (χ4v) is 2.69. The summed E-state index contributed by atoms with van der Waals surface area (Å²) in [6.45, 7) is 7.64. The Hall–Kier alpha value is -2.07. The fourth-order valence-electron chi connectivity index (χ4n) is 1.94. The summed E-state index contributed by atoms with van der Waals surface area (Å²) >= 11 is 0. The molecule has 0 aliphatic heterocycles. The number of aromatic nitrogens is 3. The molecule has 2 N–H and O–H groups in total. The maximum Gasteiger partial charge on any atom is 0.573 e. The predicted octanol–water partition coefficient (Wildman–Crippen LogP) is 3.74. The molecule has 6 nitrogen and oxygen atoms in total. The number of hydrogen-bond donors (Lipinski definition) is 1. The van der Waals surface area contributed by atoms with Gasteiger partial charge in [-0.2, -0.15) is 0 Å². The van der Waals surface area contributed by atoms with E-state index in [1.165, 1.54) is 16.8 Å². The molecule has 25 heavy (non-hydrogen) atoms. The first kappa shape index (κ1) is 19.3. The van der Waals surface area contributed by atoms with Crippen LogP contribution in [0.3, 0.4) is 0 Å². The molecule has 1 aromatic heterocycles. The number of nitrogens with two attached hydrogens (primary N) is 1. The smallest absolute Gasteiger partial charge is 0.404 e. The zero-order valence-corrected chi connectivity index (χ0v) is 15.3. The molecule has 0 aliphatic rings. The maximum absolute atomic E-state index is 12.4. The lowest BCUT2D eigenvalue weighted by molar-refractivity contribution is -0.274. The van der Waals surface area contributed by atoms with Gasteiger partial charge in [-0.1, -0.05) is 30.9 Å². The Kier molecular flexibility index (Phi) is 5.73. The van der Waals surface area contributed by atoms with E-state index >= 15 is 0 Å². The Balaban J connectivity index is 2.03. The Bertz CT molecular complexity index is 714. The highest BCUT2D eigenvalue weighted by Crippen LogP contribution is 2.32. The van der Waals surface area contributed by atoms with Crippen LogP contribution in [-0.2, 0) is 11.5 Å². The summed E-state index contributed by atoms with van der Waals surface area (Å²) in [4.78, 5) is 0. The van der Waals surface area contributed by atoms with Crippen LogP contribution in [0.25, 0.3) is 11.3 Å². The van der Waals surface area contributed by atoms with E-state index in [2.05, 4.69) is 34.7 Å². The van der Waals surface area contributed by atoms with Crippen LogP contribution in [0.1, 0.15) is 0 Å². The molecule has 0 spiro atoms. The molecule has 0 saturated carbocycles. The molecule has 1 aromatic carbocycles. The fraction of sp³-hybridized carbons (Fsp3) is 0.467. The Morgan fingerprint density at radius 1 is 1.24 bits per heavy atom. The minimum atomic E-state index is -4.81. The summed E-state index contributed by atoms with van der Waals surface area (Å²) in [6.07, 6.45) is -3.22. The Morgan fingerprint density at radius 3 is 2.60 bits per heavy atom. The van der Waals surface area contributed by atoms with Gasteiger partial charge in [0.2, 0.25) is 0 Å². The third-order valence-electron chi connectivity index (χ3n) is 3.29. The molecule has 138 valence electrons. The highest BCUT2D eigenvalue weighted by Gasteiger charge is 2.32. The lowest BCUT2D eigenvalue weighted by atomic mass is 10.1. The van der Waals surface area contributed by atoms with E-state index in [9.17, 15) is 13.2 Å². The van der Waals surface area contributed by atoms with Crippen LogP contribution in [0.2, 0.25) is 25.7 Å². The Morgan fingerprint density at radius 2 is 1.96 bits per heavy atom. The van der Waals surface area contributed by atoms with Gasteiger partial charge in [0.25, 0.3) is 0 Å².